The highest BCUT2D eigenvalue weighted by Crippen LogP contribution is 2.32. The highest BCUT2D eigenvalue weighted by molar-refractivity contribution is 7.17. The second-order valence-electron chi connectivity index (χ2n) is 6.50. The number of fused-ring (bicyclic) bond motifs is 1. The van der Waals surface area contributed by atoms with Gasteiger partial charge in [-0.05, 0) is 37.5 Å². The van der Waals surface area contributed by atoms with E-state index >= 15 is 0 Å². The maximum atomic E-state index is 13.1. The van der Waals surface area contributed by atoms with Crippen molar-refractivity contribution in [3.8, 4) is 16.9 Å². The van der Waals surface area contributed by atoms with Crippen molar-refractivity contribution in [1.82, 2.24) is 9.55 Å². The zero-order valence-corrected chi connectivity index (χ0v) is 17.1. The Morgan fingerprint density at radius 1 is 1.18 bits per heavy atom. The third-order valence-corrected chi connectivity index (χ3v) is 5.25. The molecule has 2 heterocycles. The molecule has 0 aliphatic carbocycles. The molecule has 0 radical (unpaired) electrons. The minimum absolute atomic E-state index is 0.242. The van der Waals surface area contributed by atoms with Crippen LogP contribution < -0.4 is 10.3 Å². The summed E-state index contributed by atoms with van der Waals surface area (Å²) < 4.78 is 12.1. The molecule has 3 rings (SSSR count). The van der Waals surface area contributed by atoms with E-state index in [0.717, 1.165) is 29.7 Å². The Labute approximate surface area is 167 Å². The summed E-state index contributed by atoms with van der Waals surface area (Å²) in [5.41, 5.74) is 1.48. The Balaban J connectivity index is 1.97. The summed E-state index contributed by atoms with van der Waals surface area (Å²) in [4.78, 5) is 30.3. The van der Waals surface area contributed by atoms with Gasteiger partial charge in [-0.25, -0.2) is 9.78 Å². The van der Waals surface area contributed by atoms with Gasteiger partial charge in [0.1, 0.15) is 16.6 Å². The van der Waals surface area contributed by atoms with Gasteiger partial charge >= 0.3 is 5.97 Å². The van der Waals surface area contributed by atoms with Crippen molar-refractivity contribution in [2.45, 2.75) is 39.7 Å². The van der Waals surface area contributed by atoms with Gasteiger partial charge in [-0.15, -0.1) is 11.3 Å². The average molecular weight is 401 g/mol. The minimum Gasteiger partial charge on any atom is -0.494 e. The lowest BCUT2D eigenvalue weighted by molar-refractivity contribution is -0.147. The molecule has 6 nitrogen and oxygen atoms in total. The number of thiophene rings is 1. The van der Waals surface area contributed by atoms with Crippen molar-refractivity contribution < 1.29 is 14.3 Å². The molecule has 1 atom stereocenters. The maximum absolute atomic E-state index is 13.1. The fourth-order valence-corrected chi connectivity index (χ4v) is 3.73. The number of rotatable bonds is 8. The molecule has 0 aliphatic heterocycles. The molecule has 1 aromatic carbocycles. The predicted molar refractivity (Wildman–Crippen MR) is 111 cm³/mol. The van der Waals surface area contributed by atoms with E-state index in [2.05, 4.69) is 11.9 Å². The van der Waals surface area contributed by atoms with Crippen LogP contribution in [-0.4, -0.2) is 28.7 Å². The van der Waals surface area contributed by atoms with E-state index in [0.29, 0.717) is 23.4 Å². The van der Waals surface area contributed by atoms with Gasteiger partial charge < -0.3 is 9.47 Å². The Kier molecular flexibility index (Phi) is 6.46. The first-order chi connectivity index (χ1) is 13.6. The second-order valence-corrected chi connectivity index (χ2v) is 7.36. The molecule has 0 saturated carbocycles. The van der Waals surface area contributed by atoms with Crippen molar-refractivity contribution in [1.29, 1.82) is 0 Å². The second kappa shape index (κ2) is 9.01. The fraction of sp³-hybridized carbons (Fsp3) is 0.381. The van der Waals surface area contributed by atoms with E-state index in [9.17, 15) is 9.59 Å². The van der Waals surface area contributed by atoms with E-state index in [1.165, 1.54) is 22.2 Å². The molecule has 0 fully saturated rings. The maximum Gasteiger partial charge on any atom is 0.328 e. The molecule has 0 spiro atoms. The van der Waals surface area contributed by atoms with Gasteiger partial charge in [0, 0.05) is 10.9 Å². The third kappa shape index (κ3) is 4.09. The highest BCUT2D eigenvalue weighted by Gasteiger charge is 2.21. The van der Waals surface area contributed by atoms with Crippen molar-refractivity contribution >= 4 is 27.5 Å². The molecule has 0 bridgehead atoms. The summed E-state index contributed by atoms with van der Waals surface area (Å²) in [7, 11) is 0. The first-order valence-corrected chi connectivity index (χ1v) is 10.3. The first kappa shape index (κ1) is 20.1. The summed E-state index contributed by atoms with van der Waals surface area (Å²) in [6.07, 6.45) is 3.10. The van der Waals surface area contributed by atoms with Gasteiger partial charge in [-0.2, -0.15) is 0 Å². The standard InChI is InChI=1S/C21H24N2O4S/c1-4-10-26-16-8-6-15(7-9-16)17-12-28-19-18(17)20(24)23(13-22-19)14(3)21(25)27-11-5-2/h6-9,12-14H,4-5,10-11H2,1-3H3. The molecule has 0 N–H and O–H groups in total. The number of nitrogens with zero attached hydrogens (tertiary/aromatic N) is 2. The molecule has 1 unspecified atom stereocenters. The van der Waals surface area contributed by atoms with E-state index in [-0.39, 0.29) is 5.56 Å². The number of ether oxygens (including phenoxy) is 2. The van der Waals surface area contributed by atoms with Crippen LogP contribution in [-0.2, 0) is 9.53 Å². The van der Waals surface area contributed by atoms with Gasteiger partial charge in [-0.3, -0.25) is 9.36 Å². The molecule has 3 aromatic rings. The van der Waals surface area contributed by atoms with E-state index in [1.807, 2.05) is 36.6 Å². The minimum atomic E-state index is -0.728. The molecule has 0 aliphatic rings. The molecule has 28 heavy (non-hydrogen) atoms. The summed E-state index contributed by atoms with van der Waals surface area (Å²) in [5.74, 6) is 0.368. The van der Waals surface area contributed by atoms with E-state index in [4.69, 9.17) is 9.47 Å². The fourth-order valence-electron chi connectivity index (χ4n) is 2.82. The summed E-state index contributed by atoms with van der Waals surface area (Å²) in [6.45, 7) is 6.64. The lowest BCUT2D eigenvalue weighted by Gasteiger charge is -2.14. The molecular weight excluding hydrogens is 376 g/mol. The molecular formula is C21H24N2O4S. The Bertz CT molecular complexity index is 1010. The topological polar surface area (TPSA) is 70.4 Å². The zero-order valence-electron chi connectivity index (χ0n) is 16.3. The number of hydrogen-bond donors (Lipinski definition) is 0. The van der Waals surface area contributed by atoms with E-state index < -0.39 is 12.0 Å². The first-order valence-electron chi connectivity index (χ1n) is 9.45. The van der Waals surface area contributed by atoms with Crippen molar-refractivity contribution in [2.75, 3.05) is 13.2 Å². The molecule has 7 heteroatoms. The van der Waals surface area contributed by atoms with Gasteiger partial charge in [0.15, 0.2) is 0 Å². The molecule has 0 saturated heterocycles. The normalized spacial score (nSPS) is 12.1. The van der Waals surface area contributed by atoms with Crippen molar-refractivity contribution in [3.63, 3.8) is 0 Å². The molecule has 0 amide bonds. The van der Waals surface area contributed by atoms with Crippen LogP contribution in [0.4, 0.5) is 0 Å². The van der Waals surface area contributed by atoms with Crippen molar-refractivity contribution in [3.05, 3.63) is 46.3 Å². The Morgan fingerprint density at radius 3 is 2.57 bits per heavy atom. The lowest BCUT2D eigenvalue weighted by atomic mass is 10.1. The lowest BCUT2D eigenvalue weighted by Crippen LogP contribution is -2.29. The van der Waals surface area contributed by atoms with Crippen LogP contribution in [0.1, 0.15) is 39.7 Å². The van der Waals surface area contributed by atoms with Gasteiger partial charge in [-0.1, -0.05) is 26.0 Å². The van der Waals surface area contributed by atoms with Crippen molar-refractivity contribution in [2.24, 2.45) is 0 Å². The Morgan fingerprint density at radius 2 is 1.89 bits per heavy atom. The number of aromatic nitrogens is 2. The van der Waals surface area contributed by atoms with Crippen LogP contribution in [0.5, 0.6) is 5.75 Å². The predicted octanol–water partition coefficient (Wildman–Crippen LogP) is 4.43. The summed E-state index contributed by atoms with van der Waals surface area (Å²) >= 11 is 1.41. The highest BCUT2D eigenvalue weighted by atomic mass is 32.1. The van der Waals surface area contributed by atoms with Gasteiger partial charge in [0.2, 0.25) is 0 Å². The third-order valence-electron chi connectivity index (χ3n) is 4.36. The number of benzene rings is 1. The number of carbonyl (C=O) groups excluding carboxylic acids is 1. The number of esters is 1. The van der Waals surface area contributed by atoms with Crippen LogP contribution in [0.2, 0.25) is 0 Å². The SMILES string of the molecule is CCCOC(=O)C(C)n1cnc2scc(-c3ccc(OCCC)cc3)c2c1=O. The zero-order chi connectivity index (χ0) is 20.1. The van der Waals surface area contributed by atoms with E-state index in [1.54, 1.807) is 6.92 Å². The quantitative estimate of drug-likeness (QED) is 0.523. The monoisotopic (exact) mass is 400 g/mol. The summed E-state index contributed by atoms with van der Waals surface area (Å²) in [5, 5.41) is 2.44. The number of carbonyl (C=O) groups is 1. The molecule has 148 valence electrons. The average Bonchev–Trinajstić information content (AvgIpc) is 3.15. The van der Waals surface area contributed by atoms with Crippen LogP contribution in [0, 0.1) is 0 Å². The number of hydrogen-bond acceptors (Lipinski definition) is 6. The van der Waals surface area contributed by atoms with Crippen LogP contribution in [0.15, 0.2) is 40.8 Å². The van der Waals surface area contributed by atoms with Gasteiger partial charge in [0.05, 0.1) is 24.9 Å². The largest absolute Gasteiger partial charge is 0.494 e. The van der Waals surface area contributed by atoms with Crippen LogP contribution >= 0.6 is 11.3 Å². The Hall–Kier alpha value is -2.67. The smallest absolute Gasteiger partial charge is 0.328 e. The van der Waals surface area contributed by atoms with Crippen LogP contribution in [0.25, 0.3) is 21.3 Å². The van der Waals surface area contributed by atoms with Gasteiger partial charge in [0.25, 0.3) is 5.56 Å². The molecule has 2 aromatic heterocycles. The van der Waals surface area contributed by atoms with Crippen LogP contribution in [0.3, 0.4) is 0 Å². The summed E-state index contributed by atoms with van der Waals surface area (Å²) in [6, 6.07) is 6.93.